The third kappa shape index (κ3) is 4.68. The molecule has 0 heterocycles. The molecule has 1 aliphatic rings. The Labute approximate surface area is 134 Å². The average molecular weight is 323 g/mol. The molecule has 2 rings (SSSR count). The molecule has 1 saturated carbocycles. The lowest BCUT2D eigenvalue weighted by Crippen LogP contribution is -2.32. The summed E-state index contributed by atoms with van der Waals surface area (Å²) in [5, 5.41) is 11.8. The molecule has 23 heavy (non-hydrogen) atoms. The fourth-order valence-corrected chi connectivity index (χ4v) is 3.33. The summed E-state index contributed by atoms with van der Waals surface area (Å²) in [7, 11) is 1.37. The second-order valence-corrected chi connectivity index (χ2v) is 6.21. The van der Waals surface area contributed by atoms with Crippen LogP contribution in [0.1, 0.15) is 44.9 Å². The van der Waals surface area contributed by atoms with Crippen molar-refractivity contribution in [2.75, 3.05) is 12.4 Å². The number of hydrogen-bond acceptors (Lipinski definition) is 3. The van der Waals surface area contributed by atoms with Crippen molar-refractivity contribution in [2.24, 2.45) is 5.41 Å². The number of carboxylic acids is 1. The van der Waals surface area contributed by atoms with Crippen LogP contribution >= 0.6 is 0 Å². The quantitative estimate of drug-likeness (QED) is 0.839. The minimum atomic E-state index is -0.879. The van der Waals surface area contributed by atoms with Crippen molar-refractivity contribution < 1.29 is 23.8 Å². The highest BCUT2D eigenvalue weighted by molar-refractivity contribution is 5.91. The molecular formula is C17H22FNO4. The van der Waals surface area contributed by atoms with Crippen molar-refractivity contribution in [3.05, 3.63) is 24.0 Å². The molecule has 6 heteroatoms. The van der Waals surface area contributed by atoms with E-state index in [4.69, 9.17) is 9.84 Å². The first kappa shape index (κ1) is 17.2. The molecular weight excluding hydrogens is 301 g/mol. The fourth-order valence-electron chi connectivity index (χ4n) is 3.33. The highest BCUT2D eigenvalue weighted by atomic mass is 19.1. The van der Waals surface area contributed by atoms with Crippen molar-refractivity contribution in [2.45, 2.75) is 44.9 Å². The van der Waals surface area contributed by atoms with E-state index >= 15 is 0 Å². The number of hydrogen-bond donors (Lipinski definition) is 2. The van der Waals surface area contributed by atoms with Gasteiger partial charge in [-0.25, -0.2) is 4.39 Å². The van der Waals surface area contributed by atoms with E-state index in [-0.39, 0.29) is 24.5 Å². The topological polar surface area (TPSA) is 75.6 Å². The van der Waals surface area contributed by atoms with Gasteiger partial charge < -0.3 is 15.2 Å². The van der Waals surface area contributed by atoms with Crippen LogP contribution in [0.2, 0.25) is 0 Å². The number of methoxy groups -OCH3 is 1. The van der Waals surface area contributed by atoms with Crippen molar-refractivity contribution in [1.82, 2.24) is 0 Å². The van der Waals surface area contributed by atoms with E-state index in [1.165, 1.54) is 19.2 Å². The number of ether oxygens (including phenoxy) is 1. The van der Waals surface area contributed by atoms with Gasteiger partial charge >= 0.3 is 5.97 Å². The van der Waals surface area contributed by atoms with Crippen LogP contribution in [0, 0.1) is 11.2 Å². The van der Waals surface area contributed by atoms with E-state index in [1.54, 1.807) is 6.07 Å². The van der Waals surface area contributed by atoms with Gasteiger partial charge in [0.2, 0.25) is 5.91 Å². The van der Waals surface area contributed by atoms with Crippen LogP contribution in [0.4, 0.5) is 10.1 Å². The third-order valence-electron chi connectivity index (χ3n) is 4.41. The molecule has 0 spiro atoms. The normalized spacial score (nSPS) is 16.6. The monoisotopic (exact) mass is 323 g/mol. The summed E-state index contributed by atoms with van der Waals surface area (Å²) in [6.45, 7) is 0. The summed E-state index contributed by atoms with van der Waals surface area (Å²) in [5.74, 6) is -1.60. The lowest BCUT2D eigenvalue weighted by atomic mass is 9.69. The molecule has 0 aliphatic heterocycles. The summed E-state index contributed by atoms with van der Waals surface area (Å²) in [6, 6.07) is 4.20. The average Bonchev–Trinajstić information content (AvgIpc) is 2.47. The van der Waals surface area contributed by atoms with Crippen molar-refractivity contribution in [3.8, 4) is 5.75 Å². The fraction of sp³-hybridized carbons (Fsp3) is 0.529. The van der Waals surface area contributed by atoms with Crippen LogP contribution in [0.3, 0.4) is 0 Å². The lowest BCUT2D eigenvalue weighted by Gasteiger charge is -2.35. The number of anilines is 1. The molecule has 1 fully saturated rings. The largest absolute Gasteiger partial charge is 0.494 e. The van der Waals surface area contributed by atoms with Gasteiger partial charge in [-0.05, 0) is 30.4 Å². The summed E-state index contributed by atoms with van der Waals surface area (Å²) in [6.07, 6.45) is 4.58. The summed E-state index contributed by atoms with van der Waals surface area (Å²) < 4.78 is 18.5. The van der Waals surface area contributed by atoms with Gasteiger partial charge in [-0.3, -0.25) is 9.59 Å². The van der Waals surface area contributed by atoms with Crippen LogP contribution in [0.5, 0.6) is 5.75 Å². The van der Waals surface area contributed by atoms with Crippen molar-refractivity contribution >= 4 is 17.6 Å². The number of aliphatic carboxylic acids is 1. The van der Waals surface area contributed by atoms with Gasteiger partial charge in [0.05, 0.1) is 13.5 Å². The molecule has 0 radical (unpaired) electrons. The number of benzene rings is 1. The first-order chi connectivity index (χ1) is 10.9. The number of halogens is 1. The van der Waals surface area contributed by atoms with Gasteiger partial charge in [0.25, 0.3) is 0 Å². The number of carbonyl (C=O) groups is 2. The maximum Gasteiger partial charge on any atom is 0.303 e. The zero-order valence-corrected chi connectivity index (χ0v) is 13.2. The maximum atomic E-state index is 13.7. The Balaban J connectivity index is 2.04. The van der Waals surface area contributed by atoms with E-state index in [1.807, 2.05) is 0 Å². The van der Waals surface area contributed by atoms with Crippen LogP contribution in [-0.4, -0.2) is 24.1 Å². The van der Waals surface area contributed by atoms with Gasteiger partial charge in [-0.1, -0.05) is 19.3 Å². The first-order valence-electron chi connectivity index (χ1n) is 7.79. The predicted molar refractivity (Wildman–Crippen MR) is 84.0 cm³/mol. The molecule has 5 nitrogen and oxygen atoms in total. The lowest BCUT2D eigenvalue weighted by molar-refractivity contribution is -0.140. The van der Waals surface area contributed by atoms with Gasteiger partial charge in [0.15, 0.2) is 11.6 Å². The number of rotatable bonds is 6. The number of amides is 1. The zero-order chi connectivity index (χ0) is 16.9. The van der Waals surface area contributed by atoms with E-state index in [2.05, 4.69) is 5.32 Å². The van der Waals surface area contributed by atoms with Crippen LogP contribution in [0.15, 0.2) is 18.2 Å². The van der Waals surface area contributed by atoms with E-state index in [9.17, 15) is 14.0 Å². The second-order valence-electron chi connectivity index (χ2n) is 6.21. The minimum absolute atomic E-state index is 0.00259. The number of carbonyl (C=O) groups excluding carboxylic acids is 1. The molecule has 1 aliphatic carbocycles. The van der Waals surface area contributed by atoms with Crippen LogP contribution < -0.4 is 10.1 Å². The Morgan fingerprint density at radius 1 is 1.26 bits per heavy atom. The summed E-state index contributed by atoms with van der Waals surface area (Å²) in [4.78, 5) is 23.4. The molecule has 0 atom stereocenters. The molecule has 126 valence electrons. The highest BCUT2D eigenvalue weighted by Gasteiger charge is 2.36. The molecule has 0 saturated heterocycles. The number of nitrogens with one attached hydrogen (secondary N) is 1. The Morgan fingerprint density at radius 3 is 2.52 bits per heavy atom. The van der Waals surface area contributed by atoms with Crippen LogP contribution in [-0.2, 0) is 9.59 Å². The smallest absolute Gasteiger partial charge is 0.303 e. The molecule has 2 N–H and O–H groups in total. The standard InChI is InChI=1S/C17H22FNO4/c1-23-14-6-5-12(9-13(14)18)19-15(20)10-17(11-16(21)22)7-3-2-4-8-17/h5-6,9H,2-4,7-8,10-11H2,1H3,(H,19,20)(H,21,22). The molecule has 1 aromatic rings. The maximum absolute atomic E-state index is 13.7. The molecule has 0 bridgehead atoms. The van der Waals surface area contributed by atoms with Gasteiger partial charge in [-0.15, -0.1) is 0 Å². The Bertz CT molecular complexity index is 582. The Hall–Kier alpha value is -2.11. The van der Waals surface area contributed by atoms with E-state index in [0.717, 1.165) is 32.1 Å². The van der Waals surface area contributed by atoms with Gasteiger partial charge in [0, 0.05) is 18.2 Å². The molecule has 0 aromatic heterocycles. The van der Waals surface area contributed by atoms with Crippen molar-refractivity contribution in [3.63, 3.8) is 0 Å². The Morgan fingerprint density at radius 2 is 1.96 bits per heavy atom. The molecule has 1 amide bonds. The zero-order valence-electron chi connectivity index (χ0n) is 13.2. The number of carboxylic acid groups (broad SMARTS) is 1. The van der Waals surface area contributed by atoms with E-state index < -0.39 is 17.2 Å². The van der Waals surface area contributed by atoms with E-state index in [0.29, 0.717) is 5.69 Å². The van der Waals surface area contributed by atoms with Gasteiger partial charge in [-0.2, -0.15) is 0 Å². The first-order valence-corrected chi connectivity index (χ1v) is 7.79. The highest BCUT2D eigenvalue weighted by Crippen LogP contribution is 2.42. The van der Waals surface area contributed by atoms with Gasteiger partial charge in [0.1, 0.15) is 0 Å². The molecule has 1 aromatic carbocycles. The second kappa shape index (κ2) is 7.44. The summed E-state index contributed by atoms with van der Waals surface area (Å²) in [5.41, 5.74) is -0.145. The third-order valence-corrected chi connectivity index (χ3v) is 4.41. The minimum Gasteiger partial charge on any atom is -0.494 e. The van der Waals surface area contributed by atoms with Crippen LogP contribution in [0.25, 0.3) is 0 Å². The predicted octanol–water partition coefficient (Wildman–Crippen LogP) is 3.59. The van der Waals surface area contributed by atoms with Crippen molar-refractivity contribution in [1.29, 1.82) is 0 Å². The Kier molecular flexibility index (Phi) is 5.58. The SMILES string of the molecule is COc1ccc(NC(=O)CC2(CC(=O)O)CCCCC2)cc1F. The molecule has 0 unspecified atom stereocenters. The summed E-state index contributed by atoms with van der Waals surface area (Å²) >= 11 is 0.